The zero-order valence-electron chi connectivity index (χ0n) is 9.09. The molecule has 2 rings (SSSR count). The third-order valence-corrected chi connectivity index (χ3v) is 2.61. The fourth-order valence-corrected chi connectivity index (χ4v) is 1.71. The van der Waals surface area contributed by atoms with E-state index in [0.29, 0.717) is 0 Å². The molecule has 0 bridgehead atoms. The molecule has 4 nitrogen and oxygen atoms in total. The van der Waals surface area contributed by atoms with Crippen molar-refractivity contribution in [3.63, 3.8) is 0 Å². The summed E-state index contributed by atoms with van der Waals surface area (Å²) < 4.78 is 36.8. The summed E-state index contributed by atoms with van der Waals surface area (Å²) in [4.78, 5) is 7.34. The minimum Gasteiger partial charge on any atom is -0.350 e. The van der Waals surface area contributed by atoms with E-state index in [-0.39, 0.29) is 12.0 Å². The molecule has 0 radical (unpaired) electrons. The third-order valence-electron chi connectivity index (χ3n) is 2.61. The van der Waals surface area contributed by atoms with Crippen molar-refractivity contribution in [1.82, 2.24) is 15.3 Å². The lowest BCUT2D eigenvalue weighted by Crippen LogP contribution is -2.38. The van der Waals surface area contributed by atoms with Gasteiger partial charge >= 0.3 is 6.18 Å². The molecule has 0 amide bonds. The first-order valence-corrected chi connectivity index (χ1v) is 5.42. The van der Waals surface area contributed by atoms with E-state index in [2.05, 4.69) is 20.6 Å². The molecular weight excluding hydrogens is 233 g/mol. The van der Waals surface area contributed by atoms with Crippen LogP contribution in [-0.2, 0) is 6.18 Å². The van der Waals surface area contributed by atoms with E-state index in [1.807, 2.05) is 0 Å². The second kappa shape index (κ2) is 4.87. The molecule has 1 aliphatic heterocycles. The van der Waals surface area contributed by atoms with Crippen molar-refractivity contribution in [3.8, 4) is 0 Å². The molecule has 0 aliphatic carbocycles. The number of alkyl halides is 3. The molecule has 0 spiro atoms. The second-order valence-electron chi connectivity index (χ2n) is 3.98. The summed E-state index contributed by atoms with van der Waals surface area (Å²) in [6.45, 7) is 1.76. The number of nitrogens with zero attached hydrogens (tertiary/aromatic N) is 2. The highest BCUT2D eigenvalue weighted by Gasteiger charge is 2.31. The van der Waals surface area contributed by atoms with Crippen LogP contribution in [0.15, 0.2) is 12.4 Å². The minimum atomic E-state index is -4.38. The van der Waals surface area contributed by atoms with Gasteiger partial charge in [0, 0.05) is 25.0 Å². The first kappa shape index (κ1) is 12.1. The maximum atomic E-state index is 12.3. The van der Waals surface area contributed by atoms with Gasteiger partial charge in [0.1, 0.15) is 0 Å². The Morgan fingerprint density at radius 2 is 2.00 bits per heavy atom. The molecule has 17 heavy (non-hydrogen) atoms. The number of hydrogen-bond acceptors (Lipinski definition) is 4. The van der Waals surface area contributed by atoms with E-state index < -0.39 is 11.7 Å². The maximum Gasteiger partial charge on any atom is 0.419 e. The molecule has 1 aromatic rings. The van der Waals surface area contributed by atoms with Gasteiger partial charge in [-0.25, -0.2) is 9.97 Å². The SMILES string of the molecule is FC(F)(F)c1cnc(N[C@@H]2CCCNC2)nc1. The van der Waals surface area contributed by atoms with Gasteiger partial charge < -0.3 is 10.6 Å². The van der Waals surface area contributed by atoms with E-state index >= 15 is 0 Å². The van der Waals surface area contributed by atoms with Gasteiger partial charge in [0.05, 0.1) is 5.56 Å². The van der Waals surface area contributed by atoms with Gasteiger partial charge in [-0.3, -0.25) is 0 Å². The molecule has 0 unspecified atom stereocenters. The molecule has 7 heteroatoms. The molecule has 2 heterocycles. The van der Waals surface area contributed by atoms with Crippen LogP contribution in [0.4, 0.5) is 19.1 Å². The average Bonchev–Trinajstić information content (AvgIpc) is 2.30. The lowest BCUT2D eigenvalue weighted by Gasteiger charge is -2.23. The molecule has 94 valence electrons. The zero-order valence-corrected chi connectivity index (χ0v) is 9.09. The predicted molar refractivity (Wildman–Crippen MR) is 56.5 cm³/mol. The molecule has 1 aliphatic rings. The van der Waals surface area contributed by atoms with Crippen molar-refractivity contribution in [1.29, 1.82) is 0 Å². The second-order valence-corrected chi connectivity index (χ2v) is 3.98. The van der Waals surface area contributed by atoms with E-state index in [1.165, 1.54) is 0 Å². The summed E-state index contributed by atoms with van der Waals surface area (Å²) in [6, 6.07) is 0.181. The van der Waals surface area contributed by atoms with Crippen molar-refractivity contribution in [2.75, 3.05) is 18.4 Å². The Morgan fingerprint density at radius 3 is 2.53 bits per heavy atom. The summed E-state index contributed by atoms with van der Waals surface area (Å²) in [5.74, 6) is 0.242. The molecule has 2 N–H and O–H groups in total. The summed E-state index contributed by atoms with van der Waals surface area (Å²) in [5, 5.41) is 6.20. The van der Waals surface area contributed by atoms with Gasteiger partial charge in [-0.2, -0.15) is 13.2 Å². The van der Waals surface area contributed by atoms with Gasteiger partial charge in [-0.15, -0.1) is 0 Å². The van der Waals surface area contributed by atoms with Gasteiger partial charge in [-0.05, 0) is 19.4 Å². The Hall–Kier alpha value is -1.37. The molecule has 1 aromatic heterocycles. The van der Waals surface area contributed by atoms with Crippen LogP contribution in [0.5, 0.6) is 0 Å². The topological polar surface area (TPSA) is 49.8 Å². The zero-order chi connectivity index (χ0) is 12.3. The summed E-state index contributed by atoms with van der Waals surface area (Å²) in [6.07, 6.45) is -0.780. The van der Waals surface area contributed by atoms with Crippen molar-refractivity contribution in [2.45, 2.75) is 25.1 Å². The first-order chi connectivity index (χ1) is 8.05. The fourth-order valence-electron chi connectivity index (χ4n) is 1.71. The maximum absolute atomic E-state index is 12.3. The number of halogens is 3. The number of piperidine rings is 1. The van der Waals surface area contributed by atoms with E-state index in [4.69, 9.17) is 0 Å². The third kappa shape index (κ3) is 3.29. The van der Waals surface area contributed by atoms with Crippen LogP contribution in [0.3, 0.4) is 0 Å². The van der Waals surface area contributed by atoms with Crippen LogP contribution < -0.4 is 10.6 Å². The van der Waals surface area contributed by atoms with Gasteiger partial charge in [0.15, 0.2) is 0 Å². The van der Waals surface area contributed by atoms with Crippen LogP contribution in [-0.4, -0.2) is 29.1 Å². The highest BCUT2D eigenvalue weighted by atomic mass is 19.4. The normalized spacial score (nSPS) is 21.2. The molecular formula is C10H13F3N4. The number of anilines is 1. The van der Waals surface area contributed by atoms with Crippen LogP contribution in [0.25, 0.3) is 0 Å². The van der Waals surface area contributed by atoms with Crippen LogP contribution in [0.2, 0.25) is 0 Å². The number of aromatic nitrogens is 2. The highest BCUT2D eigenvalue weighted by Crippen LogP contribution is 2.28. The highest BCUT2D eigenvalue weighted by molar-refractivity contribution is 5.27. The smallest absolute Gasteiger partial charge is 0.350 e. The Kier molecular flexibility index (Phi) is 3.46. The van der Waals surface area contributed by atoms with E-state index in [1.54, 1.807) is 0 Å². The average molecular weight is 246 g/mol. The van der Waals surface area contributed by atoms with Crippen LogP contribution in [0.1, 0.15) is 18.4 Å². The molecule has 1 saturated heterocycles. The minimum absolute atomic E-state index is 0.181. The standard InChI is InChI=1S/C10H13F3N4/c11-10(12,13)7-4-15-9(16-5-7)17-8-2-1-3-14-6-8/h4-5,8,14H,1-3,6H2,(H,15,16,17)/t8-/m1/s1. The van der Waals surface area contributed by atoms with E-state index in [9.17, 15) is 13.2 Å². The Morgan fingerprint density at radius 1 is 1.29 bits per heavy atom. The van der Waals surface area contributed by atoms with Crippen molar-refractivity contribution < 1.29 is 13.2 Å². The number of hydrogen-bond donors (Lipinski definition) is 2. The monoisotopic (exact) mass is 246 g/mol. The molecule has 0 aromatic carbocycles. The Balaban J connectivity index is 1.98. The van der Waals surface area contributed by atoms with Crippen molar-refractivity contribution >= 4 is 5.95 Å². The number of nitrogens with one attached hydrogen (secondary N) is 2. The Bertz CT molecular complexity index is 357. The lowest BCUT2D eigenvalue weighted by atomic mass is 10.1. The van der Waals surface area contributed by atoms with Gasteiger partial charge in [0.25, 0.3) is 0 Å². The van der Waals surface area contributed by atoms with Crippen molar-refractivity contribution in [3.05, 3.63) is 18.0 Å². The lowest BCUT2D eigenvalue weighted by molar-refractivity contribution is -0.138. The Labute approximate surface area is 96.7 Å². The largest absolute Gasteiger partial charge is 0.419 e. The van der Waals surface area contributed by atoms with Crippen molar-refractivity contribution in [2.24, 2.45) is 0 Å². The first-order valence-electron chi connectivity index (χ1n) is 5.42. The fraction of sp³-hybridized carbons (Fsp3) is 0.600. The molecule has 1 fully saturated rings. The van der Waals surface area contributed by atoms with Gasteiger partial charge in [-0.1, -0.05) is 0 Å². The molecule has 1 atom stereocenters. The summed E-state index contributed by atoms with van der Waals surface area (Å²) in [5.41, 5.74) is -0.829. The summed E-state index contributed by atoms with van der Waals surface area (Å²) >= 11 is 0. The quantitative estimate of drug-likeness (QED) is 0.833. The van der Waals surface area contributed by atoms with E-state index in [0.717, 1.165) is 38.3 Å². The van der Waals surface area contributed by atoms with Crippen LogP contribution in [0, 0.1) is 0 Å². The van der Waals surface area contributed by atoms with Crippen LogP contribution >= 0.6 is 0 Å². The number of rotatable bonds is 2. The summed E-state index contributed by atoms with van der Waals surface area (Å²) in [7, 11) is 0. The van der Waals surface area contributed by atoms with Gasteiger partial charge in [0.2, 0.25) is 5.95 Å². The predicted octanol–water partition coefficient (Wildman–Crippen LogP) is 1.66. The molecule has 0 saturated carbocycles.